The minimum Gasteiger partial charge on any atom is -0.760 e. The van der Waals surface area contributed by atoms with Crippen LogP contribution in [0.4, 0.5) is 0 Å². The topological polar surface area (TPSA) is 97.9 Å². The Morgan fingerprint density at radius 2 is 1.91 bits per heavy atom. The van der Waals surface area contributed by atoms with Crippen LogP contribution in [-0.4, -0.2) is 18.7 Å². The molecular weight excluding hydrogens is 302 g/mol. The van der Waals surface area contributed by atoms with Crippen LogP contribution in [-0.2, 0) is 17.8 Å². The van der Waals surface area contributed by atoms with E-state index < -0.39 is 11.3 Å². The zero-order chi connectivity index (χ0) is 15.5. The molecular formula is C15H12N3O3S-. The Bertz CT molecular complexity index is 890. The van der Waals surface area contributed by atoms with Gasteiger partial charge in [-0.25, -0.2) is 9.71 Å². The van der Waals surface area contributed by atoms with E-state index in [1.165, 1.54) is 6.07 Å². The van der Waals surface area contributed by atoms with Gasteiger partial charge >= 0.3 is 0 Å². The Balaban J connectivity index is 1.97. The van der Waals surface area contributed by atoms with Gasteiger partial charge in [0.1, 0.15) is 5.65 Å². The van der Waals surface area contributed by atoms with Gasteiger partial charge in [-0.3, -0.25) is 9.00 Å². The summed E-state index contributed by atoms with van der Waals surface area (Å²) in [7, 11) is 0. The van der Waals surface area contributed by atoms with Crippen LogP contribution in [0.15, 0.2) is 53.5 Å². The third kappa shape index (κ3) is 3.11. The van der Waals surface area contributed by atoms with Crippen molar-refractivity contribution in [2.75, 3.05) is 0 Å². The van der Waals surface area contributed by atoms with Gasteiger partial charge in [0.05, 0.1) is 0 Å². The van der Waals surface area contributed by atoms with Crippen molar-refractivity contribution in [3.8, 4) is 11.1 Å². The van der Waals surface area contributed by atoms with E-state index in [9.17, 15) is 13.6 Å². The number of hydrogen-bond donors (Lipinski definition) is 2. The van der Waals surface area contributed by atoms with Gasteiger partial charge in [-0.1, -0.05) is 24.3 Å². The first-order valence-electron chi connectivity index (χ1n) is 6.53. The number of rotatable bonds is 4. The van der Waals surface area contributed by atoms with Crippen LogP contribution in [0.3, 0.4) is 0 Å². The number of aromatic amines is 1. The number of pyridine rings is 2. The molecule has 0 fully saturated rings. The normalized spacial score (nSPS) is 12.4. The van der Waals surface area contributed by atoms with Crippen molar-refractivity contribution in [2.45, 2.75) is 6.54 Å². The summed E-state index contributed by atoms with van der Waals surface area (Å²) in [6, 6.07) is 12.6. The summed E-state index contributed by atoms with van der Waals surface area (Å²) in [6.45, 7) is 0.251. The van der Waals surface area contributed by atoms with Crippen molar-refractivity contribution in [2.24, 2.45) is 0 Å². The first-order chi connectivity index (χ1) is 10.6. The molecule has 1 atom stereocenters. The van der Waals surface area contributed by atoms with Crippen molar-refractivity contribution in [1.82, 2.24) is 14.7 Å². The molecule has 0 aliphatic rings. The molecule has 0 aliphatic carbocycles. The second-order valence-corrected chi connectivity index (χ2v) is 5.45. The Hall–Kier alpha value is -2.35. The third-order valence-corrected chi connectivity index (χ3v) is 3.67. The first kappa shape index (κ1) is 14.6. The van der Waals surface area contributed by atoms with E-state index in [1.54, 1.807) is 12.3 Å². The molecule has 22 heavy (non-hydrogen) atoms. The zero-order valence-corrected chi connectivity index (χ0v) is 12.2. The SMILES string of the molecule is O=c1ccc2c(-c3ccc(CNS(=O)[O-])cc3)ccnc2[nH]1. The number of nitrogens with one attached hydrogen (secondary N) is 2. The smallest absolute Gasteiger partial charge is 0.249 e. The van der Waals surface area contributed by atoms with Crippen LogP contribution in [0.1, 0.15) is 5.56 Å². The number of benzene rings is 1. The van der Waals surface area contributed by atoms with Crippen molar-refractivity contribution < 1.29 is 8.76 Å². The molecule has 2 aromatic heterocycles. The second-order valence-electron chi connectivity index (χ2n) is 4.70. The Labute approximate surface area is 128 Å². The van der Waals surface area contributed by atoms with Crippen molar-refractivity contribution in [3.05, 3.63) is 64.6 Å². The standard InChI is InChI=1S/C15H13N3O3S/c19-14-6-5-13-12(7-8-16-15(13)18-14)11-3-1-10(2-4-11)9-17-22(20)21/h1-8,17H,9H2,(H,20,21)(H,16,18,19)/p-1. The molecule has 0 amide bonds. The lowest BCUT2D eigenvalue weighted by Gasteiger charge is -2.09. The second kappa shape index (κ2) is 6.18. The summed E-state index contributed by atoms with van der Waals surface area (Å²) in [6.07, 6.45) is 1.64. The maximum atomic E-state index is 11.3. The molecule has 0 spiro atoms. The largest absolute Gasteiger partial charge is 0.760 e. The van der Waals surface area contributed by atoms with E-state index in [2.05, 4.69) is 14.7 Å². The van der Waals surface area contributed by atoms with Gasteiger partial charge in [-0.2, -0.15) is 0 Å². The highest BCUT2D eigenvalue weighted by atomic mass is 32.2. The van der Waals surface area contributed by atoms with Gasteiger partial charge in [0.2, 0.25) is 5.56 Å². The fourth-order valence-corrected chi connectivity index (χ4v) is 2.54. The predicted octanol–water partition coefficient (Wildman–Crippen LogP) is 1.47. The maximum Gasteiger partial charge on any atom is 0.249 e. The summed E-state index contributed by atoms with van der Waals surface area (Å²) < 4.78 is 23.3. The Kier molecular flexibility index (Phi) is 4.10. The van der Waals surface area contributed by atoms with Crippen molar-refractivity contribution in [1.29, 1.82) is 0 Å². The average molecular weight is 314 g/mol. The quantitative estimate of drug-likeness (QED) is 0.713. The van der Waals surface area contributed by atoms with Crippen molar-refractivity contribution in [3.63, 3.8) is 0 Å². The van der Waals surface area contributed by atoms with Gasteiger partial charge in [0.25, 0.3) is 0 Å². The monoisotopic (exact) mass is 314 g/mol. The molecule has 2 heterocycles. The van der Waals surface area contributed by atoms with Gasteiger partial charge in [-0.05, 0) is 28.8 Å². The van der Waals surface area contributed by atoms with Crippen LogP contribution in [0.25, 0.3) is 22.2 Å². The van der Waals surface area contributed by atoms with Crippen LogP contribution in [0, 0.1) is 0 Å². The molecule has 7 heteroatoms. The van der Waals surface area contributed by atoms with Crippen LogP contribution in [0.2, 0.25) is 0 Å². The third-order valence-electron chi connectivity index (χ3n) is 3.29. The lowest BCUT2D eigenvalue weighted by molar-refractivity contribution is 0.522. The van der Waals surface area contributed by atoms with Crippen LogP contribution < -0.4 is 10.3 Å². The molecule has 3 rings (SSSR count). The number of aromatic nitrogens is 2. The molecule has 1 unspecified atom stereocenters. The fraction of sp³-hybridized carbons (Fsp3) is 0.0667. The minimum atomic E-state index is -2.27. The van der Waals surface area contributed by atoms with E-state index in [1.807, 2.05) is 30.3 Å². The van der Waals surface area contributed by atoms with E-state index in [0.717, 1.165) is 22.1 Å². The lowest BCUT2D eigenvalue weighted by Crippen LogP contribution is -2.15. The Morgan fingerprint density at radius 1 is 1.14 bits per heavy atom. The number of H-pyrrole nitrogens is 1. The lowest BCUT2D eigenvalue weighted by atomic mass is 10.0. The van der Waals surface area contributed by atoms with Crippen LogP contribution >= 0.6 is 0 Å². The van der Waals surface area contributed by atoms with E-state index in [-0.39, 0.29) is 12.1 Å². The van der Waals surface area contributed by atoms with E-state index in [0.29, 0.717) is 5.65 Å². The minimum absolute atomic E-state index is 0.191. The summed E-state index contributed by atoms with van der Waals surface area (Å²) in [5.74, 6) is 0. The molecule has 0 saturated carbocycles. The maximum absolute atomic E-state index is 11.3. The van der Waals surface area contributed by atoms with E-state index in [4.69, 9.17) is 0 Å². The highest BCUT2D eigenvalue weighted by Crippen LogP contribution is 2.26. The first-order valence-corrected chi connectivity index (χ1v) is 7.61. The summed E-state index contributed by atoms with van der Waals surface area (Å²) >= 11 is -2.27. The van der Waals surface area contributed by atoms with Gasteiger partial charge in [0.15, 0.2) is 0 Å². The number of hydrogen-bond acceptors (Lipinski definition) is 4. The van der Waals surface area contributed by atoms with Gasteiger partial charge in [-0.15, -0.1) is 0 Å². The summed E-state index contributed by atoms with van der Waals surface area (Å²) in [5, 5.41) is 0.855. The molecule has 0 radical (unpaired) electrons. The fourth-order valence-electron chi connectivity index (χ4n) is 2.26. The molecule has 2 N–H and O–H groups in total. The molecule has 6 nitrogen and oxygen atoms in total. The van der Waals surface area contributed by atoms with Crippen molar-refractivity contribution >= 4 is 22.3 Å². The molecule has 0 aliphatic heterocycles. The van der Waals surface area contributed by atoms with Gasteiger partial charge in [0, 0.05) is 35.5 Å². The highest BCUT2D eigenvalue weighted by molar-refractivity contribution is 7.77. The molecule has 0 bridgehead atoms. The molecule has 0 saturated heterocycles. The summed E-state index contributed by atoms with van der Waals surface area (Å²) in [4.78, 5) is 18.2. The number of fused-ring (bicyclic) bond motifs is 1. The zero-order valence-electron chi connectivity index (χ0n) is 11.4. The molecule has 3 aromatic rings. The van der Waals surface area contributed by atoms with Crippen LogP contribution in [0.5, 0.6) is 0 Å². The predicted molar refractivity (Wildman–Crippen MR) is 83.6 cm³/mol. The number of nitrogens with zero attached hydrogens (tertiary/aromatic N) is 1. The van der Waals surface area contributed by atoms with Gasteiger partial charge < -0.3 is 9.54 Å². The Morgan fingerprint density at radius 3 is 2.64 bits per heavy atom. The average Bonchev–Trinajstić information content (AvgIpc) is 2.52. The highest BCUT2D eigenvalue weighted by Gasteiger charge is 2.05. The summed E-state index contributed by atoms with van der Waals surface area (Å²) in [5.41, 5.74) is 3.13. The van der Waals surface area contributed by atoms with E-state index >= 15 is 0 Å². The molecule has 112 valence electrons. The molecule has 1 aromatic carbocycles.